The summed E-state index contributed by atoms with van der Waals surface area (Å²) in [6.07, 6.45) is 1.80. The van der Waals surface area contributed by atoms with Gasteiger partial charge in [0.25, 0.3) is 0 Å². The van der Waals surface area contributed by atoms with Gasteiger partial charge in [-0.1, -0.05) is 43.5 Å². The summed E-state index contributed by atoms with van der Waals surface area (Å²) >= 11 is 0. The smallest absolute Gasteiger partial charge is 0.406 e. The molecule has 1 aliphatic carbocycles. The summed E-state index contributed by atoms with van der Waals surface area (Å²) in [5.41, 5.74) is 1.21. The minimum absolute atomic E-state index is 0.00106. The lowest BCUT2D eigenvalue weighted by Crippen LogP contribution is -2.54. The Bertz CT molecular complexity index is 1040. The minimum atomic E-state index is -4.71. The monoisotopic (exact) mass is 490 g/mol. The first-order valence-corrected chi connectivity index (χ1v) is 12.4. The lowest BCUT2D eigenvalue weighted by atomic mass is 9.66. The molecule has 188 valence electrons. The van der Waals surface area contributed by atoms with Gasteiger partial charge < -0.3 is 10.1 Å². The highest BCUT2D eigenvalue weighted by Gasteiger charge is 2.54. The topological polar surface area (TPSA) is 41.6 Å². The van der Waals surface area contributed by atoms with Crippen LogP contribution in [-0.2, 0) is 10.3 Å². The number of hydrogen-bond acceptors (Lipinski definition) is 3. The van der Waals surface area contributed by atoms with E-state index in [-0.39, 0.29) is 28.9 Å². The van der Waals surface area contributed by atoms with Gasteiger partial charge >= 0.3 is 6.36 Å². The second-order valence-corrected chi connectivity index (χ2v) is 10.1. The first kappa shape index (κ1) is 24.1. The normalized spacial score (nSPS) is 24.3. The van der Waals surface area contributed by atoms with E-state index in [2.05, 4.69) is 15.0 Å². The van der Waals surface area contributed by atoms with Crippen LogP contribution in [0.15, 0.2) is 48.5 Å². The van der Waals surface area contributed by atoms with E-state index < -0.39 is 11.8 Å². The summed E-state index contributed by atoms with van der Waals surface area (Å²) in [7, 11) is 0. The molecule has 1 amide bonds. The standard InChI is InChI=1S/C27H30F4N2O2/c28-21-8-4-19(5-9-21)23-18-32-24(34)25(23)14-16-33(17-15-25)26(12-2-1-3-13-26)20-6-10-22(11-7-20)35-27(29,30)31/h4-11,23H,1-3,12-18H2,(H,32,34). The fourth-order valence-corrected chi connectivity index (χ4v) is 6.66. The number of ether oxygens (including phenoxy) is 1. The van der Waals surface area contributed by atoms with E-state index >= 15 is 0 Å². The third-order valence-electron chi connectivity index (χ3n) is 8.43. The lowest BCUT2D eigenvalue weighted by Gasteiger charge is -2.52. The van der Waals surface area contributed by atoms with Gasteiger partial charge in [0.2, 0.25) is 5.91 Å². The number of carbonyl (C=O) groups excluding carboxylic acids is 1. The van der Waals surface area contributed by atoms with Gasteiger partial charge in [0, 0.05) is 31.1 Å². The van der Waals surface area contributed by atoms with Gasteiger partial charge in [0.1, 0.15) is 11.6 Å². The highest BCUT2D eigenvalue weighted by molar-refractivity contribution is 5.86. The molecule has 2 saturated heterocycles. The quantitative estimate of drug-likeness (QED) is 0.545. The second kappa shape index (κ2) is 9.12. The summed E-state index contributed by atoms with van der Waals surface area (Å²) in [4.78, 5) is 15.5. The fourth-order valence-electron chi connectivity index (χ4n) is 6.66. The van der Waals surface area contributed by atoms with Crippen molar-refractivity contribution in [1.29, 1.82) is 0 Å². The van der Waals surface area contributed by atoms with E-state index in [0.717, 1.165) is 56.3 Å². The van der Waals surface area contributed by atoms with Crippen molar-refractivity contribution in [2.24, 2.45) is 5.41 Å². The average molecular weight is 491 g/mol. The van der Waals surface area contributed by atoms with Gasteiger partial charge in [-0.2, -0.15) is 0 Å². The van der Waals surface area contributed by atoms with Crippen molar-refractivity contribution < 1.29 is 27.1 Å². The zero-order valence-electron chi connectivity index (χ0n) is 19.5. The highest BCUT2D eigenvalue weighted by Crippen LogP contribution is 2.51. The number of nitrogens with one attached hydrogen (secondary N) is 1. The van der Waals surface area contributed by atoms with Crippen molar-refractivity contribution in [3.8, 4) is 5.75 Å². The Morgan fingerprint density at radius 1 is 0.886 bits per heavy atom. The molecule has 35 heavy (non-hydrogen) atoms. The Labute approximate surface area is 202 Å². The molecule has 1 saturated carbocycles. The van der Waals surface area contributed by atoms with E-state index in [1.807, 2.05) is 0 Å². The van der Waals surface area contributed by atoms with Crippen molar-refractivity contribution in [3.05, 3.63) is 65.5 Å². The lowest BCUT2D eigenvalue weighted by molar-refractivity contribution is -0.274. The molecule has 2 heterocycles. The van der Waals surface area contributed by atoms with Gasteiger partial charge in [-0.15, -0.1) is 13.2 Å². The van der Waals surface area contributed by atoms with Crippen LogP contribution in [0.25, 0.3) is 0 Å². The van der Waals surface area contributed by atoms with E-state index in [1.54, 1.807) is 24.3 Å². The van der Waals surface area contributed by atoms with Crippen LogP contribution in [0.2, 0.25) is 0 Å². The van der Waals surface area contributed by atoms with Crippen molar-refractivity contribution in [2.45, 2.75) is 62.8 Å². The molecule has 1 spiro atoms. The molecular weight excluding hydrogens is 460 g/mol. The van der Waals surface area contributed by atoms with E-state index in [1.165, 1.54) is 24.3 Å². The highest BCUT2D eigenvalue weighted by atomic mass is 19.4. The summed E-state index contributed by atoms with van der Waals surface area (Å²) in [5, 5.41) is 3.05. The molecule has 0 aromatic heterocycles. The largest absolute Gasteiger partial charge is 0.573 e. The van der Waals surface area contributed by atoms with Crippen LogP contribution >= 0.6 is 0 Å². The predicted octanol–water partition coefficient (Wildman–Crippen LogP) is 5.88. The number of likely N-dealkylation sites (tertiary alicyclic amines) is 1. The summed E-state index contributed by atoms with van der Waals surface area (Å²) in [5.74, 6) is -0.438. The van der Waals surface area contributed by atoms with E-state index in [0.29, 0.717) is 19.4 Å². The fraction of sp³-hybridized carbons (Fsp3) is 0.519. The van der Waals surface area contributed by atoms with Crippen molar-refractivity contribution in [3.63, 3.8) is 0 Å². The Morgan fingerprint density at radius 3 is 2.11 bits per heavy atom. The zero-order valence-corrected chi connectivity index (χ0v) is 19.5. The molecule has 0 bridgehead atoms. The minimum Gasteiger partial charge on any atom is -0.406 e. The van der Waals surface area contributed by atoms with E-state index in [4.69, 9.17) is 0 Å². The van der Waals surface area contributed by atoms with Gasteiger partial charge in [0.15, 0.2) is 0 Å². The van der Waals surface area contributed by atoms with Gasteiger partial charge in [-0.25, -0.2) is 4.39 Å². The van der Waals surface area contributed by atoms with Gasteiger partial charge in [-0.3, -0.25) is 9.69 Å². The molecule has 2 aromatic rings. The third-order valence-corrected chi connectivity index (χ3v) is 8.43. The molecule has 8 heteroatoms. The van der Waals surface area contributed by atoms with Gasteiger partial charge in [0.05, 0.1) is 5.41 Å². The van der Waals surface area contributed by atoms with Crippen LogP contribution < -0.4 is 10.1 Å². The van der Waals surface area contributed by atoms with E-state index in [9.17, 15) is 22.4 Å². The van der Waals surface area contributed by atoms with Crippen LogP contribution in [0.1, 0.15) is 62.0 Å². The molecule has 1 N–H and O–H groups in total. The molecule has 4 nitrogen and oxygen atoms in total. The molecule has 5 rings (SSSR count). The second-order valence-electron chi connectivity index (χ2n) is 10.1. The Balaban J connectivity index is 1.38. The molecule has 0 radical (unpaired) electrons. The number of carbonyl (C=O) groups is 1. The van der Waals surface area contributed by atoms with Crippen molar-refractivity contribution >= 4 is 5.91 Å². The maximum atomic E-state index is 13.5. The average Bonchev–Trinajstić information content (AvgIpc) is 3.15. The summed E-state index contributed by atoms with van der Waals surface area (Å²) in [6, 6.07) is 12.8. The van der Waals surface area contributed by atoms with Crippen molar-refractivity contribution in [2.75, 3.05) is 19.6 Å². The Hall–Kier alpha value is -2.61. The van der Waals surface area contributed by atoms with Crippen molar-refractivity contribution in [1.82, 2.24) is 10.2 Å². The molecule has 3 fully saturated rings. The number of halogens is 4. The van der Waals surface area contributed by atoms with Crippen LogP contribution in [0.5, 0.6) is 5.75 Å². The molecule has 2 aromatic carbocycles. The molecule has 2 aliphatic heterocycles. The third kappa shape index (κ3) is 4.53. The summed E-state index contributed by atoms with van der Waals surface area (Å²) in [6.45, 7) is 2.01. The number of rotatable bonds is 4. The number of alkyl halides is 3. The Kier molecular flexibility index (Phi) is 6.28. The number of nitrogens with zero attached hydrogens (tertiary/aromatic N) is 1. The van der Waals surface area contributed by atoms with Crippen LogP contribution in [0.4, 0.5) is 17.6 Å². The van der Waals surface area contributed by atoms with Crippen LogP contribution in [0, 0.1) is 11.2 Å². The van der Waals surface area contributed by atoms with Crippen LogP contribution in [-0.4, -0.2) is 36.8 Å². The van der Waals surface area contributed by atoms with Crippen LogP contribution in [0.3, 0.4) is 0 Å². The summed E-state index contributed by atoms with van der Waals surface area (Å²) < 4.78 is 55.5. The maximum Gasteiger partial charge on any atom is 0.573 e. The zero-order chi connectivity index (χ0) is 24.7. The van der Waals surface area contributed by atoms with Gasteiger partial charge in [-0.05, 0) is 61.1 Å². The number of piperidine rings is 1. The first-order chi connectivity index (χ1) is 16.7. The number of hydrogen-bond donors (Lipinski definition) is 1. The Morgan fingerprint density at radius 2 is 1.51 bits per heavy atom. The molecule has 1 unspecified atom stereocenters. The predicted molar refractivity (Wildman–Crippen MR) is 123 cm³/mol. The molecule has 3 aliphatic rings. The number of amides is 1. The maximum absolute atomic E-state index is 13.5. The molecule has 1 atom stereocenters. The first-order valence-electron chi connectivity index (χ1n) is 12.4. The molecular formula is C27H30F4N2O2. The number of benzene rings is 2. The SMILES string of the molecule is O=C1NCC(c2ccc(F)cc2)C12CCN(C1(c3ccc(OC(F)(F)F)cc3)CCCCC1)CC2.